The molecular weight excluding hydrogens is 296 g/mol. The minimum Gasteiger partial charge on any atom is -0.480 e. The molecule has 0 fully saturated rings. The highest BCUT2D eigenvalue weighted by atomic mass is 16.4. The van der Waals surface area contributed by atoms with E-state index < -0.39 is 24.0 Å². The Morgan fingerprint density at radius 2 is 1.70 bits per heavy atom. The third-order valence-electron chi connectivity index (χ3n) is 3.45. The van der Waals surface area contributed by atoms with Gasteiger partial charge in [-0.05, 0) is 37.8 Å². The highest BCUT2D eigenvalue weighted by Crippen LogP contribution is 2.10. The van der Waals surface area contributed by atoms with Gasteiger partial charge in [0.1, 0.15) is 12.1 Å². The van der Waals surface area contributed by atoms with Crippen LogP contribution in [0.1, 0.15) is 43.1 Å². The van der Waals surface area contributed by atoms with Crippen molar-refractivity contribution in [1.29, 1.82) is 0 Å². The maximum Gasteiger partial charge on any atom is 0.325 e. The van der Waals surface area contributed by atoms with E-state index in [9.17, 15) is 14.4 Å². The number of benzene rings is 1. The van der Waals surface area contributed by atoms with Gasteiger partial charge in [-0.15, -0.1) is 0 Å². The summed E-state index contributed by atoms with van der Waals surface area (Å²) < 4.78 is 0. The number of carbonyl (C=O) groups is 3. The highest BCUT2D eigenvalue weighted by Gasteiger charge is 2.25. The molecule has 6 nitrogen and oxygen atoms in total. The summed E-state index contributed by atoms with van der Waals surface area (Å²) in [5, 5.41) is 14.0. The number of rotatable bonds is 7. The molecule has 0 saturated carbocycles. The lowest BCUT2D eigenvalue weighted by atomic mass is 10.0. The normalized spacial score (nSPS) is 13.3. The molecule has 3 N–H and O–H groups in total. The van der Waals surface area contributed by atoms with Crippen molar-refractivity contribution in [3.63, 3.8) is 0 Å². The summed E-state index contributed by atoms with van der Waals surface area (Å²) in [6.07, 6.45) is 0.426. The molecule has 1 rings (SSSR count). The van der Waals surface area contributed by atoms with Gasteiger partial charge in [-0.25, -0.2) is 0 Å². The molecule has 1 unspecified atom stereocenters. The van der Waals surface area contributed by atoms with Gasteiger partial charge in [0.25, 0.3) is 5.91 Å². The molecule has 23 heavy (non-hydrogen) atoms. The quantitative estimate of drug-likeness (QED) is 0.713. The lowest BCUT2D eigenvalue weighted by molar-refractivity contribution is -0.141. The van der Waals surface area contributed by atoms with Crippen molar-refractivity contribution in [2.75, 3.05) is 0 Å². The number of amides is 2. The minimum absolute atomic E-state index is 0.169. The second-order valence-electron chi connectivity index (χ2n) is 6.04. The molecule has 0 aliphatic heterocycles. The number of hydrogen-bond donors (Lipinski definition) is 3. The zero-order valence-corrected chi connectivity index (χ0v) is 13.9. The SMILES string of the molecule is Cc1ccccc1C(=O)NC(CC(C)C)C(=O)N[C@H](C)C(=O)O. The molecule has 1 aromatic rings. The van der Waals surface area contributed by atoms with Crippen LogP contribution in [0.5, 0.6) is 0 Å². The van der Waals surface area contributed by atoms with Crippen LogP contribution < -0.4 is 10.6 Å². The Labute approximate surface area is 136 Å². The van der Waals surface area contributed by atoms with Crippen molar-refractivity contribution in [3.8, 4) is 0 Å². The first-order valence-corrected chi connectivity index (χ1v) is 7.62. The van der Waals surface area contributed by atoms with Gasteiger partial charge >= 0.3 is 5.97 Å². The summed E-state index contributed by atoms with van der Waals surface area (Å²) in [5.74, 6) is -1.78. The summed E-state index contributed by atoms with van der Waals surface area (Å²) in [4.78, 5) is 35.5. The first-order chi connectivity index (χ1) is 10.7. The summed E-state index contributed by atoms with van der Waals surface area (Å²) >= 11 is 0. The Kier molecular flexibility index (Phi) is 6.75. The van der Waals surface area contributed by atoms with E-state index in [1.807, 2.05) is 32.9 Å². The van der Waals surface area contributed by atoms with E-state index in [1.165, 1.54) is 6.92 Å². The topological polar surface area (TPSA) is 95.5 Å². The van der Waals surface area contributed by atoms with Crippen LogP contribution in [0.4, 0.5) is 0 Å². The van der Waals surface area contributed by atoms with Crippen molar-refractivity contribution in [3.05, 3.63) is 35.4 Å². The highest BCUT2D eigenvalue weighted by molar-refractivity contribution is 5.99. The van der Waals surface area contributed by atoms with Crippen molar-refractivity contribution in [1.82, 2.24) is 10.6 Å². The van der Waals surface area contributed by atoms with Gasteiger partial charge in [0, 0.05) is 5.56 Å². The molecule has 0 spiro atoms. The average molecular weight is 320 g/mol. The van der Waals surface area contributed by atoms with Crippen molar-refractivity contribution in [2.45, 2.75) is 46.2 Å². The first-order valence-electron chi connectivity index (χ1n) is 7.62. The van der Waals surface area contributed by atoms with Gasteiger partial charge in [0.05, 0.1) is 0 Å². The predicted molar refractivity (Wildman–Crippen MR) is 87.1 cm³/mol. The van der Waals surface area contributed by atoms with Crippen LogP contribution in [0.2, 0.25) is 0 Å². The standard InChI is InChI=1S/C17H24N2O4/c1-10(2)9-14(16(21)18-12(4)17(22)23)19-15(20)13-8-6-5-7-11(13)3/h5-8,10,12,14H,9H2,1-4H3,(H,18,21)(H,19,20)(H,22,23)/t12-,14?/m1/s1. The fraction of sp³-hybridized carbons (Fsp3) is 0.471. The first kappa shape index (κ1) is 18.7. The second-order valence-corrected chi connectivity index (χ2v) is 6.04. The summed E-state index contributed by atoms with van der Waals surface area (Å²) in [5.41, 5.74) is 1.31. The molecule has 0 aliphatic carbocycles. The smallest absolute Gasteiger partial charge is 0.325 e. The van der Waals surface area contributed by atoms with Crippen LogP contribution >= 0.6 is 0 Å². The van der Waals surface area contributed by atoms with E-state index in [1.54, 1.807) is 12.1 Å². The van der Waals surface area contributed by atoms with Crippen LogP contribution in [0.25, 0.3) is 0 Å². The number of nitrogens with one attached hydrogen (secondary N) is 2. The molecular formula is C17H24N2O4. The lowest BCUT2D eigenvalue weighted by Crippen LogP contribution is -2.51. The molecule has 0 bridgehead atoms. The molecule has 6 heteroatoms. The van der Waals surface area contributed by atoms with Gasteiger partial charge in [0.15, 0.2) is 0 Å². The van der Waals surface area contributed by atoms with Crippen LogP contribution in [0.15, 0.2) is 24.3 Å². The van der Waals surface area contributed by atoms with E-state index in [2.05, 4.69) is 10.6 Å². The molecule has 0 aromatic heterocycles. The van der Waals surface area contributed by atoms with E-state index in [0.29, 0.717) is 12.0 Å². The van der Waals surface area contributed by atoms with E-state index in [4.69, 9.17) is 5.11 Å². The van der Waals surface area contributed by atoms with Gasteiger partial charge in [-0.1, -0.05) is 32.0 Å². The number of aryl methyl sites for hydroxylation is 1. The minimum atomic E-state index is -1.12. The van der Waals surface area contributed by atoms with E-state index >= 15 is 0 Å². The average Bonchev–Trinajstić information content (AvgIpc) is 2.46. The number of aliphatic carboxylic acids is 1. The zero-order chi connectivity index (χ0) is 17.6. The molecule has 0 heterocycles. The number of carboxylic acids is 1. The van der Waals surface area contributed by atoms with Gasteiger partial charge in [-0.3, -0.25) is 14.4 Å². The number of hydrogen-bond acceptors (Lipinski definition) is 3. The lowest BCUT2D eigenvalue weighted by Gasteiger charge is -2.22. The van der Waals surface area contributed by atoms with Crippen LogP contribution in [0.3, 0.4) is 0 Å². The van der Waals surface area contributed by atoms with Gasteiger partial charge < -0.3 is 15.7 Å². The Hall–Kier alpha value is -2.37. The molecule has 2 amide bonds. The van der Waals surface area contributed by atoms with Crippen molar-refractivity contribution in [2.24, 2.45) is 5.92 Å². The van der Waals surface area contributed by atoms with Gasteiger partial charge in [0.2, 0.25) is 5.91 Å². The molecule has 0 radical (unpaired) electrons. The molecule has 126 valence electrons. The van der Waals surface area contributed by atoms with Crippen molar-refractivity contribution >= 4 is 17.8 Å². The third kappa shape index (κ3) is 5.73. The molecule has 0 aliphatic rings. The summed E-state index contributed by atoms with van der Waals surface area (Å²) in [7, 11) is 0. The fourth-order valence-corrected chi connectivity index (χ4v) is 2.14. The summed E-state index contributed by atoms with van der Waals surface area (Å²) in [6.45, 7) is 7.07. The third-order valence-corrected chi connectivity index (χ3v) is 3.45. The van der Waals surface area contributed by atoms with Crippen LogP contribution in [-0.4, -0.2) is 35.0 Å². The zero-order valence-electron chi connectivity index (χ0n) is 13.9. The largest absolute Gasteiger partial charge is 0.480 e. The molecule has 1 aromatic carbocycles. The van der Waals surface area contributed by atoms with E-state index in [0.717, 1.165) is 5.56 Å². The van der Waals surface area contributed by atoms with Gasteiger partial charge in [-0.2, -0.15) is 0 Å². The van der Waals surface area contributed by atoms with Crippen molar-refractivity contribution < 1.29 is 19.5 Å². The number of carbonyl (C=O) groups excluding carboxylic acids is 2. The fourth-order valence-electron chi connectivity index (χ4n) is 2.14. The number of carboxylic acid groups (broad SMARTS) is 1. The predicted octanol–water partition coefficient (Wildman–Crippen LogP) is 1.73. The molecule has 2 atom stereocenters. The maximum absolute atomic E-state index is 12.4. The van der Waals surface area contributed by atoms with E-state index in [-0.39, 0.29) is 11.8 Å². The maximum atomic E-state index is 12.4. The Morgan fingerprint density at radius 3 is 2.22 bits per heavy atom. The van der Waals surface area contributed by atoms with Crippen LogP contribution in [0, 0.1) is 12.8 Å². The Morgan fingerprint density at radius 1 is 1.09 bits per heavy atom. The molecule has 0 saturated heterocycles. The Balaban J connectivity index is 2.86. The monoisotopic (exact) mass is 320 g/mol. The second kappa shape index (κ2) is 8.31. The Bertz CT molecular complexity index is 584. The summed E-state index contributed by atoms with van der Waals surface area (Å²) in [6, 6.07) is 5.31. The van der Waals surface area contributed by atoms with Crippen LogP contribution in [-0.2, 0) is 9.59 Å².